The van der Waals surface area contributed by atoms with Crippen molar-refractivity contribution in [2.24, 2.45) is 7.05 Å². The molecule has 0 saturated heterocycles. The molecule has 0 aliphatic rings. The number of ether oxygens (including phenoxy) is 1. The Morgan fingerprint density at radius 1 is 1.47 bits per heavy atom. The van der Waals surface area contributed by atoms with Gasteiger partial charge in [0.25, 0.3) is 5.56 Å². The van der Waals surface area contributed by atoms with E-state index in [0.717, 1.165) is 5.69 Å². The Morgan fingerprint density at radius 3 is 3.00 bits per heavy atom. The van der Waals surface area contributed by atoms with Gasteiger partial charge in [-0.25, -0.2) is 4.68 Å². The zero-order valence-electron chi connectivity index (χ0n) is 11.0. The third-order valence-corrected chi connectivity index (χ3v) is 3.34. The second-order valence-corrected chi connectivity index (χ2v) is 4.94. The Hall–Kier alpha value is -1.80. The van der Waals surface area contributed by atoms with E-state index >= 15 is 0 Å². The van der Waals surface area contributed by atoms with E-state index in [0.29, 0.717) is 28.9 Å². The molecule has 0 saturated carbocycles. The van der Waals surface area contributed by atoms with Gasteiger partial charge in [-0.3, -0.25) is 4.79 Å². The van der Waals surface area contributed by atoms with Crippen LogP contribution in [0, 0.1) is 6.92 Å². The fourth-order valence-corrected chi connectivity index (χ4v) is 2.35. The fourth-order valence-electron chi connectivity index (χ4n) is 1.57. The third kappa shape index (κ3) is 3.15. The number of nitrogens with one attached hydrogen (secondary N) is 1. The standard InChI is InChI=1S/C11H15N5O2S/c1-7-6-8(10(17)16(2)15-7)9-13-14-11(19-9)12-4-5-18-3/h6H,4-5H2,1-3H3,(H,12,14). The SMILES string of the molecule is COCCNc1nnc(-c2cc(C)nn(C)c2=O)s1. The summed E-state index contributed by atoms with van der Waals surface area (Å²) < 4.78 is 6.25. The number of aryl methyl sites for hydroxylation is 2. The van der Waals surface area contributed by atoms with Crippen molar-refractivity contribution in [1.82, 2.24) is 20.0 Å². The third-order valence-electron chi connectivity index (χ3n) is 2.42. The first-order valence-corrected chi connectivity index (χ1v) is 6.55. The van der Waals surface area contributed by atoms with Crippen molar-refractivity contribution in [2.45, 2.75) is 6.92 Å². The van der Waals surface area contributed by atoms with Crippen LogP contribution in [-0.2, 0) is 11.8 Å². The maximum atomic E-state index is 12.0. The van der Waals surface area contributed by atoms with Crippen molar-refractivity contribution >= 4 is 16.5 Å². The van der Waals surface area contributed by atoms with Crippen LogP contribution in [0.25, 0.3) is 10.6 Å². The smallest absolute Gasteiger partial charge is 0.276 e. The summed E-state index contributed by atoms with van der Waals surface area (Å²) in [7, 11) is 3.26. The van der Waals surface area contributed by atoms with Gasteiger partial charge in [0.15, 0.2) is 5.01 Å². The van der Waals surface area contributed by atoms with Crippen molar-refractivity contribution in [3.05, 3.63) is 22.1 Å². The van der Waals surface area contributed by atoms with Crippen LogP contribution in [0.2, 0.25) is 0 Å². The normalized spacial score (nSPS) is 10.7. The van der Waals surface area contributed by atoms with Crippen molar-refractivity contribution in [2.75, 3.05) is 25.6 Å². The minimum Gasteiger partial charge on any atom is -0.383 e. The van der Waals surface area contributed by atoms with Crippen LogP contribution >= 0.6 is 11.3 Å². The van der Waals surface area contributed by atoms with E-state index in [1.54, 1.807) is 20.2 Å². The summed E-state index contributed by atoms with van der Waals surface area (Å²) in [5, 5.41) is 16.4. The molecular weight excluding hydrogens is 266 g/mol. The lowest BCUT2D eigenvalue weighted by molar-refractivity contribution is 0.211. The van der Waals surface area contributed by atoms with Crippen molar-refractivity contribution in [3.8, 4) is 10.6 Å². The molecule has 2 aromatic rings. The van der Waals surface area contributed by atoms with Crippen LogP contribution in [-0.4, -0.2) is 40.2 Å². The number of hydrogen-bond donors (Lipinski definition) is 1. The molecule has 0 aromatic carbocycles. The molecule has 0 spiro atoms. The monoisotopic (exact) mass is 281 g/mol. The zero-order valence-corrected chi connectivity index (χ0v) is 11.8. The lowest BCUT2D eigenvalue weighted by atomic mass is 10.3. The Balaban J connectivity index is 2.25. The highest BCUT2D eigenvalue weighted by Gasteiger charge is 2.12. The quantitative estimate of drug-likeness (QED) is 0.811. The van der Waals surface area contributed by atoms with E-state index in [1.807, 2.05) is 6.92 Å². The Bertz CT molecular complexity index is 622. The molecule has 0 aliphatic carbocycles. The van der Waals surface area contributed by atoms with Gasteiger partial charge in [0.2, 0.25) is 5.13 Å². The van der Waals surface area contributed by atoms with Gasteiger partial charge >= 0.3 is 0 Å². The highest BCUT2D eigenvalue weighted by Crippen LogP contribution is 2.23. The van der Waals surface area contributed by atoms with E-state index in [2.05, 4.69) is 20.6 Å². The molecule has 7 nitrogen and oxygen atoms in total. The summed E-state index contributed by atoms with van der Waals surface area (Å²) in [5.41, 5.74) is 1.11. The summed E-state index contributed by atoms with van der Waals surface area (Å²) in [6.45, 7) is 3.07. The van der Waals surface area contributed by atoms with Crippen molar-refractivity contribution in [1.29, 1.82) is 0 Å². The average Bonchev–Trinajstić information content (AvgIpc) is 2.83. The van der Waals surface area contributed by atoms with Gasteiger partial charge in [0, 0.05) is 20.7 Å². The molecule has 0 fully saturated rings. The molecule has 8 heteroatoms. The summed E-state index contributed by atoms with van der Waals surface area (Å²) in [6.07, 6.45) is 0. The highest BCUT2D eigenvalue weighted by atomic mass is 32.1. The zero-order chi connectivity index (χ0) is 13.8. The van der Waals surface area contributed by atoms with Crippen LogP contribution in [0.4, 0.5) is 5.13 Å². The van der Waals surface area contributed by atoms with E-state index in [4.69, 9.17) is 4.74 Å². The molecule has 0 radical (unpaired) electrons. The molecule has 2 aromatic heterocycles. The topological polar surface area (TPSA) is 81.9 Å². The van der Waals surface area contributed by atoms with E-state index < -0.39 is 0 Å². The minimum absolute atomic E-state index is 0.176. The van der Waals surface area contributed by atoms with Gasteiger partial charge in [-0.1, -0.05) is 11.3 Å². The lowest BCUT2D eigenvalue weighted by Gasteiger charge is -2.01. The first-order valence-electron chi connectivity index (χ1n) is 5.73. The van der Waals surface area contributed by atoms with Gasteiger partial charge in [-0.15, -0.1) is 10.2 Å². The maximum absolute atomic E-state index is 12.0. The second kappa shape index (κ2) is 5.89. The Morgan fingerprint density at radius 2 is 2.26 bits per heavy atom. The largest absolute Gasteiger partial charge is 0.383 e. The number of rotatable bonds is 5. The molecule has 19 heavy (non-hydrogen) atoms. The van der Waals surface area contributed by atoms with Gasteiger partial charge in [0.1, 0.15) is 0 Å². The molecule has 2 rings (SSSR count). The first-order chi connectivity index (χ1) is 9.11. The van der Waals surface area contributed by atoms with Gasteiger partial charge in [-0.05, 0) is 13.0 Å². The number of anilines is 1. The number of methoxy groups -OCH3 is 1. The van der Waals surface area contributed by atoms with E-state index in [9.17, 15) is 4.79 Å². The molecule has 0 aliphatic heterocycles. The van der Waals surface area contributed by atoms with Gasteiger partial charge < -0.3 is 10.1 Å². The van der Waals surface area contributed by atoms with E-state index in [-0.39, 0.29) is 5.56 Å². The molecule has 0 bridgehead atoms. The number of nitrogens with zero attached hydrogens (tertiary/aromatic N) is 4. The lowest BCUT2D eigenvalue weighted by Crippen LogP contribution is -2.21. The predicted molar refractivity (Wildman–Crippen MR) is 73.5 cm³/mol. The number of aromatic nitrogens is 4. The van der Waals surface area contributed by atoms with Crippen LogP contribution in [0.15, 0.2) is 10.9 Å². The minimum atomic E-state index is -0.176. The van der Waals surface area contributed by atoms with Crippen LogP contribution < -0.4 is 10.9 Å². The molecule has 0 unspecified atom stereocenters. The van der Waals surface area contributed by atoms with Crippen molar-refractivity contribution in [3.63, 3.8) is 0 Å². The molecule has 102 valence electrons. The van der Waals surface area contributed by atoms with Crippen LogP contribution in [0.3, 0.4) is 0 Å². The Labute approximate surface area is 114 Å². The average molecular weight is 281 g/mol. The van der Waals surface area contributed by atoms with Gasteiger partial charge in [0.05, 0.1) is 17.9 Å². The highest BCUT2D eigenvalue weighted by molar-refractivity contribution is 7.18. The fraction of sp³-hybridized carbons (Fsp3) is 0.455. The summed E-state index contributed by atoms with van der Waals surface area (Å²) >= 11 is 1.34. The summed E-state index contributed by atoms with van der Waals surface area (Å²) in [5.74, 6) is 0. The summed E-state index contributed by atoms with van der Waals surface area (Å²) in [6, 6.07) is 1.72. The van der Waals surface area contributed by atoms with Crippen molar-refractivity contribution < 1.29 is 4.74 Å². The number of hydrogen-bond acceptors (Lipinski definition) is 7. The molecule has 0 amide bonds. The van der Waals surface area contributed by atoms with Crippen LogP contribution in [0.5, 0.6) is 0 Å². The molecule has 1 N–H and O–H groups in total. The molecule has 0 atom stereocenters. The molecular formula is C11H15N5O2S. The first kappa shape index (κ1) is 13.6. The van der Waals surface area contributed by atoms with Gasteiger partial charge in [-0.2, -0.15) is 5.10 Å². The second-order valence-electron chi connectivity index (χ2n) is 3.96. The summed E-state index contributed by atoms with van der Waals surface area (Å²) in [4.78, 5) is 12.0. The molecule has 2 heterocycles. The van der Waals surface area contributed by atoms with Crippen LogP contribution in [0.1, 0.15) is 5.69 Å². The predicted octanol–water partition coefficient (Wildman–Crippen LogP) is 0.666. The Kier molecular flexibility index (Phi) is 4.23. The van der Waals surface area contributed by atoms with E-state index in [1.165, 1.54) is 16.0 Å². The maximum Gasteiger partial charge on any atom is 0.276 e.